The van der Waals surface area contributed by atoms with Crippen LogP contribution < -0.4 is 15.5 Å². The van der Waals surface area contributed by atoms with Crippen LogP contribution in [-0.2, 0) is 11.3 Å². The Morgan fingerprint density at radius 1 is 1.58 bits per heavy atom. The first-order valence-corrected chi connectivity index (χ1v) is 7.96. The van der Waals surface area contributed by atoms with Gasteiger partial charge in [0.1, 0.15) is 12.3 Å². The summed E-state index contributed by atoms with van der Waals surface area (Å²) in [6, 6.07) is 1.59. The van der Waals surface area contributed by atoms with Crippen molar-refractivity contribution in [2.75, 3.05) is 18.1 Å². The van der Waals surface area contributed by atoms with Gasteiger partial charge >= 0.3 is 6.03 Å². The summed E-state index contributed by atoms with van der Waals surface area (Å²) < 4.78 is 106. The van der Waals surface area contributed by atoms with Crippen LogP contribution in [-0.4, -0.2) is 31.5 Å². The van der Waals surface area contributed by atoms with Gasteiger partial charge < -0.3 is 20.3 Å². The van der Waals surface area contributed by atoms with Gasteiger partial charge in [0.15, 0.2) is 2.82 Å². The van der Waals surface area contributed by atoms with E-state index in [-0.39, 0.29) is 36.1 Å². The fraction of sp³-hybridized carbons (Fsp3) is 0.471. The molecule has 0 spiro atoms. The first-order chi connectivity index (χ1) is 15.5. The van der Waals surface area contributed by atoms with E-state index in [0.717, 1.165) is 4.90 Å². The van der Waals surface area contributed by atoms with E-state index in [1.807, 2.05) is 0 Å². The summed E-state index contributed by atoms with van der Waals surface area (Å²) in [4.78, 5) is 13.8. The Morgan fingerprint density at radius 2 is 2.46 bits per heavy atom. The highest BCUT2D eigenvalue weighted by Gasteiger charge is 2.43. The van der Waals surface area contributed by atoms with E-state index in [1.54, 1.807) is 6.07 Å². The predicted octanol–water partition coefficient (Wildman–Crippen LogP) is 3.06. The maximum atomic E-state index is 16.3. The number of hydrogen-bond donors (Lipinski definition) is 2. The van der Waals surface area contributed by atoms with Crippen LogP contribution in [0.4, 0.5) is 14.9 Å². The molecule has 2 aliphatic heterocycles. The molecule has 2 heterocycles. The molecule has 3 atom stereocenters. The number of nitrogens with one attached hydrogen (secondary N) is 2. The molecule has 0 radical (unpaired) electrons. The highest BCUT2D eigenvalue weighted by molar-refractivity contribution is 9.10. The summed E-state index contributed by atoms with van der Waals surface area (Å²) in [5.41, 5.74) is -0.798. The van der Waals surface area contributed by atoms with Crippen molar-refractivity contribution in [3.05, 3.63) is 40.0 Å². The van der Waals surface area contributed by atoms with Gasteiger partial charge in [0.05, 0.1) is 23.2 Å². The fourth-order valence-electron chi connectivity index (χ4n) is 2.74. The molecule has 1 aromatic carbocycles. The number of hydrogen-bond acceptors (Lipinski definition) is 3. The topological polar surface area (TPSA) is 53.6 Å². The molecule has 2 amide bonds. The van der Waals surface area contributed by atoms with Crippen LogP contribution in [0, 0.1) is 5.89 Å². The fourth-order valence-corrected chi connectivity index (χ4v) is 3.21. The number of urea groups is 1. The van der Waals surface area contributed by atoms with Crippen LogP contribution in [0.5, 0.6) is 0 Å². The zero-order valence-electron chi connectivity index (χ0n) is 22.3. The van der Waals surface area contributed by atoms with E-state index in [1.165, 1.54) is 12.1 Å². The van der Waals surface area contributed by atoms with Crippen LogP contribution >= 0.6 is 15.9 Å². The lowest BCUT2D eigenvalue weighted by atomic mass is 9.85. The third-order valence-electron chi connectivity index (χ3n) is 3.79. The largest absolute Gasteiger partial charge is 0.375 e. The van der Waals surface area contributed by atoms with E-state index >= 15 is 4.39 Å². The lowest BCUT2D eigenvalue weighted by Gasteiger charge is -2.45. The molecule has 3 aliphatic rings. The molecule has 1 saturated heterocycles. The molecule has 5 nitrogen and oxygen atoms in total. The Kier molecular flexibility index (Phi) is 2.17. The van der Waals surface area contributed by atoms with Crippen LogP contribution in [0.1, 0.15) is 29.3 Å². The third-order valence-corrected chi connectivity index (χ3v) is 4.53. The smallest absolute Gasteiger partial charge is 0.320 e. The van der Waals surface area contributed by atoms with E-state index in [0.29, 0.717) is 10.0 Å². The standard InChI is InChI=1S/C17H19BrFN3O2/c18-11-3-1-6-14-10(11)9-24-8-7-22(14)16-15-12(19)4-2-5-13(15)20-17(23)21-16/h1,3,5-6,12,15-16H,2,4,7-9H2,(H2,20,21,23)/i2D2,4D2,5D,12D,15D,16D/hD2. The van der Waals surface area contributed by atoms with E-state index in [9.17, 15) is 6.17 Å². The van der Waals surface area contributed by atoms with Crippen molar-refractivity contribution in [2.24, 2.45) is 5.89 Å². The van der Waals surface area contributed by atoms with Crippen molar-refractivity contribution in [1.82, 2.24) is 10.6 Å². The van der Waals surface area contributed by atoms with Crippen LogP contribution in [0.25, 0.3) is 0 Å². The highest BCUT2D eigenvalue weighted by atomic mass is 79.9. The molecule has 24 heavy (non-hydrogen) atoms. The zero-order chi connectivity index (χ0) is 25.6. The second-order valence-corrected chi connectivity index (χ2v) is 6.04. The Balaban J connectivity index is 2.13. The zero-order valence-corrected chi connectivity index (χ0v) is 13.9. The Hall–Kier alpha value is -1.60. The Labute approximate surface area is 162 Å². The van der Waals surface area contributed by atoms with Crippen molar-refractivity contribution in [3.8, 4) is 0 Å². The number of allylic oxidation sites excluding steroid dienone is 1. The van der Waals surface area contributed by atoms with Gasteiger partial charge in [-0.15, -0.1) is 0 Å². The van der Waals surface area contributed by atoms with Gasteiger partial charge in [-0.05, 0) is 24.9 Å². The van der Waals surface area contributed by atoms with E-state index in [2.05, 4.69) is 15.9 Å². The summed E-state index contributed by atoms with van der Waals surface area (Å²) in [5.74, 6) is -3.65. The minimum atomic E-state index is -4.34. The summed E-state index contributed by atoms with van der Waals surface area (Å²) >= 11 is 3.33. The number of benzene rings is 1. The first kappa shape index (κ1) is 8.19. The van der Waals surface area contributed by atoms with E-state index < -0.39 is 48.7 Å². The predicted molar refractivity (Wildman–Crippen MR) is 92.3 cm³/mol. The molecule has 1 fully saturated rings. The SMILES string of the molecule is [2H]C1=C2N([2H])C(=O)N([2H])C([2H])(N3CCOCc4c(Br)cccc43)C2([2H])C([2H])(F)C([2H])([2H])C1([2H])[2H]. The number of anilines is 1. The average Bonchev–Trinajstić information content (AvgIpc) is 2.99. The lowest BCUT2D eigenvalue weighted by Crippen LogP contribution is -2.63. The maximum Gasteiger partial charge on any atom is 0.320 e. The van der Waals surface area contributed by atoms with Crippen LogP contribution in [0.15, 0.2) is 34.4 Å². The molecular formula is C17H19BrFN3O2. The van der Waals surface area contributed by atoms with Crippen molar-refractivity contribution in [1.29, 1.82) is 0 Å². The van der Waals surface area contributed by atoms with E-state index in [4.69, 9.17) is 17.2 Å². The van der Waals surface area contributed by atoms with Crippen molar-refractivity contribution < 1.29 is 27.7 Å². The molecule has 0 saturated carbocycles. The molecule has 1 aromatic rings. The number of nitrogens with zero attached hydrogens (tertiary/aromatic N) is 1. The quantitative estimate of drug-likeness (QED) is 0.754. The second-order valence-electron chi connectivity index (χ2n) is 5.18. The average molecular weight is 406 g/mol. The summed E-state index contributed by atoms with van der Waals surface area (Å²) in [6.45, 7) is -0.425. The molecule has 0 aromatic heterocycles. The number of fused-ring (bicyclic) bond motifs is 2. The van der Waals surface area contributed by atoms with Gasteiger partial charge in [0, 0.05) is 34.8 Å². The Bertz CT molecular complexity index is 1110. The molecule has 2 N–H and O–H groups in total. The minimum Gasteiger partial charge on any atom is -0.375 e. The highest BCUT2D eigenvalue weighted by Crippen LogP contribution is 2.37. The van der Waals surface area contributed by atoms with Crippen molar-refractivity contribution in [3.63, 3.8) is 0 Å². The van der Waals surface area contributed by atoms with Gasteiger partial charge in [-0.3, -0.25) is 0 Å². The number of halogens is 2. The number of amides is 2. The number of rotatable bonds is 1. The second kappa shape index (κ2) is 6.37. The lowest BCUT2D eigenvalue weighted by molar-refractivity contribution is 0.125. The van der Waals surface area contributed by atoms with Crippen molar-refractivity contribution in [2.45, 2.75) is 31.6 Å². The first-order valence-electron chi connectivity index (χ1n) is 12.1. The normalized spacial score (nSPS) is 50.2. The van der Waals surface area contributed by atoms with Crippen molar-refractivity contribution >= 4 is 27.6 Å². The summed E-state index contributed by atoms with van der Waals surface area (Å²) in [7, 11) is 0. The summed E-state index contributed by atoms with van der Waals surface area (Å²) in [6.07, 6.45) is -15.0. The monoisotopic (exact) mass is 405 g/mol. The van der Waals surface area contributed by atoms with Gasteiger partial charge in [-0.2, -0.15) is 0 Å². The molecular weight excluding hydrogens is 377 g/mol. The number of carbonyl (C=O) groups excluding carboxylic acids is 1. The molecule has 128 valence electrons. The third kappa shape index (κ3) is 2.69. The number of ether oxygens (including phenoxy) is 1. The van der Waals surface area contributed by atoms with Gasteiger partial charge in [0.25, 0.3) is 0 Å². The minimum absolute atomic E-state index is 0.00225. The van der Waals surface area contributed by atoms with Gasteiger partial charge in [-0.25, -0.2) is 9.18 Å². The summed E-state index contributed by atoms with van der Waals surface area (Å²) in [5, 5.41) is -0.485. The number of carbonyl (C=O) groups is 1. The van der Waals surface area contributed by atoms with Gasteiger partial charge in [0.2, 0.25) is 0 Å². The molecule has 4 rings (SSSR count). The van der Waals surface area contributed by atoms with Crippen LogP contribution in [0.2, 0.25) is 2.82 Å². The van der Waals surface area contributed by atoms with Gasteiger partial charge in [-0.1, -0.05) is 28.0 Å². The van der Waals surface area contributed by atoms with Crippen LogP contribution in [0.3, 0.4) is 0 Å². The number of alkyl halides is 1. The molecule has 7 heteroatoms. The molecule has 1 aliphatic carbocycles. The maximum absolute atomic E-state index is 16.3. The Morgan fingerprint density at radius 3 is 3.33 bits per heavy atom. The molecule has 3 unspecified atom stereocenters. The molecule has 0 bridgehead atoms.